The smallest absolute Gasteiger partial charge is 0.311 e. The molecule has 21 heavy (non-hydrogen) atoms. The van der Waals surface area contributed by atoms with Crippen molar-refractivity contribution >= 4 is 27.6 Å². The second-order valence-corrected chi connectivity index (χ2v) is 6.49. The van der Waals surface area contributed by atoms with Crippen LogP contribution in [0.3, 0.4) is 0 Å². The summed E-state index contributed by atoms with van der Waals surface area (Å²) < 4.78 is 0.847. The quantitative estimate of drug-likeness (QED) is 0.896. The summed E-state index contributed by atoms with van der Waals surface area (Å²) in [7, 11) is 0. The Morgan fingerprint density at radius 1 is 1.57 bits per heavy atom. The highest BCUT2D eigenvalue weighted by Gasteiger charge is 2.41. The van der Waals surface area contributed by atoms with E-state index >= 15 is 0 Å². The fraction of sp³-hybridized carbons (Fsp3) is 0.500. The largest absolute Gasteiger partial charge is 0.481 e. The van der Waals surface area contributed by atoms with Gasteiger partial charge in [-0.15, -0.1) is 0 Å². The molecule has 1 heterocycles. The lowest BCUT2D eigenvalue weighted by Gasteiger charge is -2.41. The van der Waals surface area contributed by atoms with Gasteiger partial charge >= 0.3 is 5.97 Å². The van der Waals surface area contributed by atoms with Crippen molar-refractivity contribution in [2.45, 2.75) is 32.6 Å². The highest BCUT2D eigenvalue weighted by Crippen LogP contribution is 2.39. The first-order valence-corrected chi connectivity index (χ1v) is 8.00. The van der Waals surface area contributed by atoms with Crippen LogP contribution in [0.15, 0.2) is 22.7 Å². The maximum Gasteiger partial charge on any atom is 0.311 e. The molecule has 1 aliphatic heterocycles. The van der Waals surface area contributed by atoms with Crippen molar-refractivity contribution in [1.29, 1.82) is 5.26 Å². The van der Waals surface area contributed by atoms with Crippen LogP contribution in [0.4, 0.5) is 5.69 Å². The molecule has 0 radical (unpaired) electrons. The predicted molar refractivity (Wildman–Crippen MR) is 85.3 cm³/mol. The number of piperidine rings is 1. The van der Waals surface area contributed by atoms with E-state index in [0.717, 1.165) is 36.0 Å². The number of anilines is 1. The summed E-state index contributed by atoms with van der Waals surface area (Å²) in [6.07, 6.45) is 3.18. The Labute approximate surface area is 133 Å². The van der Waals surface area contributed by atoms with E-state index in [1.165, 1.54) is 0 Å². The van der Waals surface area contributed by atoms with Crippen LogP contribution in [0.1, 0.15) is 38.2 Å². The Morgan fingerprint density at radius 2 is 2.33 bits per heavy atom. The van der Waals surface area contributed by atoms with Gasteiger partial charge in [-0.2, -0.15) is 5.26 Å². The normalized spacial score (nSPS) is 21.9. The molecule has 2 rings (SSSR count). The summed E-state index contributed by atoms with van der Waals surface area (Å²) in [6, 6.07) is 7.56. The van der Waals surface area contributed by atoms with Crippen molar-refractivity contribution in [1.82, 2.24) is 0 Å². The lowest BCUT2D eigenvalue weighted by Crippen LogP contribution is -2.48. The van der Waals surface area contributed by atoms with Gasteiger partial charge in [0.05, 0.1) is 22.7 Å². The average molecular weight is 351 g/mol. The molecular weight excluding hydrogens is 332 g/mol. The van der Waals surface area contributed by atoms with Crippen LogP contribution < -0.4 is 4.90 Å². The first-order chi connectivity index (χ1) is 10.0. The Kier molecular flexibility index (Phi) is 4.89. The zero-order valence-electron chi connectivity index (χ0n) is 12.1. The summed E-state index contributed by atoms with van der Waals surface area (Å²) in [4.78, 5) is 13.9. The number of hydrogen-bond donors (Lipinski definition) is 1. The molecule has 0 aliphatic carbocycles. The van der Waals surface area contributed by atoms with Crippen LogP contribution in [0.25, 0.3) is 0 Å². The topological polar surface area (TPSA) is 64.3 Å². The summed E-state index contributed by atoms with van der Waals surface area (Å²) in [5.74, 6) is -0.696. The lowest BCUT2D eigenvalue weighted by molar-refractivity contribution is -0.150. The lowest BCUT2D eigenvalue weighted by atomic mass is 9.76. The molecule has 1 N–H and O–H groups in total. The van der Waals surface area contributed by atoms with Crippen molar-refractivity contribution in [3.63, 3.8) is 0 Å². The summed E-state index contributed by atoms with van der Waals surface area (Å²) in [5, 5.41) is 18.6. The molecule has 1 aliphatic rings. The third-order valence-electron chi connectivity index (χ3n) is 4.18. The number of rotatable bonds is 4. The Morgan fingerprint density at radius 3 is 2.90 bits per heavy atom. The first-order valence-electron chi connectivity index (χ1n) is 7.20. The second kappa shape index (κ2) is 6.48. The van der Waals surface area contributed by atoms with Gasteiger partial charge in [-0.1, -0.05) is 13.3 Å². The van der Waals surface area contributed by atoms with Crippen LogP contribution in [-0.2, 0) is 4.79 Å². The van der Waals surface area contributed by atoms with Gasteiger partial charge in [0.25, 0.3) is 0 Å². The Bertz CT molecular complexity index is 578. The minimum Gasteiger partial charge on any atom is -0.481 e. The number of aliphatic carboxylic acids is 1. The number of carboxylic acid groups (broad SMARTS) is 1. The van der Waals surface area contributed by atoms with Crippen LogP contribution in [-0.4, -0.2) is 24.2 Å². The standard InChI is InChI=1S/C16H19BrN2O2/c1-2-6-16(15(20)21)7-3-8-19(11-16)14-5-4-12(10-18)9-13(14)17/h4-5,9H,2-3,6-8,11H2,1H3,(H,20,21). The minimum atomic E-state index is -0.696. The Hall–Kier alpha value is -1.54. The molecule has 0 amide bonds. The summed E-state index contributed by atoms with van der Waals surface area (Å²) >= 11 is 3.50. The van der Waals surface area contributed by atoms with E-state index in [1.807, 2.05) is 13.0 Å². The third-order valence-corrected chi connectivity index (χ3v) is 4.81. The monoisotopic (exact) mass is 350 g/mol. The molecule has 1 fully saturated rings. The molecule has 4 nitrogen and oxygen atoms in total. The van der Waals surface area contributed by atoms with Gasteiger partial charge in [0.15, 0.2) is 0 Å². The average Bonchev–Trinajstić information content (AvgIpc) is 2.47. The number of carboxylic acids is 1. The number of nitrogens with zero attached hydrogens (tertiary/aromatic N) is 2. The van der Waals surface area contributed by atoms with E-state index in [1.54, 1.807) is 12.1 Å². The number of benzene rings is 1. The molecule has 1 unspecified atom stereocenters. The van der Waals surface area contributed by atoms with Crippen molar-refractivity contribution < 1.29 is 9.90 Å². The maximum absolute atomic E-state index is 11.7. The maximum atomic E-state index is 11.7. The molecule has 1 aromatic rings. The first kappa shape index (κ1) is 15.8. The molecule has 1 aromatic carbocycles. The zero-order valence-corrected chi connectivity index (χ0v) is 13.7. The number of carbonyl (C=O) groups is 1. The van der Waals surface area contributed by atoms with Gasteiger partial charge in [0.1, 0.15) is 0 Å². The molecular formula is C16H19BrN2O2. The molecule has 0 aromatic heterocycles. The minimum absolute atomic E-state index is 0.528. The number of nitriles is 1. The van der Waals surface area contributed by atoms with E-state index in [4.69, 9.17) is 5.26 Å². The Balaban J connectivity index is 2.29. The summed E-state index contributed by atoms with van der Waals surface area (Å²) in [6.45, 7) is 3.41. The highest BCUT2D eigenvalue weighted by atomic mass is 79.9. The van der Waals surface area contributed by atoms with Crippen LogP contribution in [0.2, 0.25) is 0 Å². The molecule has 0 bridgehead atoms. The summed E-state index contributed by atoms with van der Waals surface area (Å²) in [5.41, 5.74) is 0.913. The number of halogens is 1. The van der Waals surface area contributed by atoms with E-state index in [0.29, 0.717) is 18.5 Å². The molecule has 0 saturated carbocycles. The molecule has 1 atom stereocenters. The molecule has 0 spiro atoms. The second-order valence-electron chi connectivity index (χ2n) is 5.64. The van der Waals surface area contributed by atoms with Gasteiger partial charge in [-0.25, -0.2) is 0 Å². The van der Waals surface area contributed by atoms with Gasteiger partial charge in [-0.3, -0.25) is 4.79 Å². The van der Waals surface area contributed by atoms with E-state index in [-0.39, 0.29) is 0 Å². The van der Waals surface area contributed by atoms with Crippen LogP contribution in [0, 0.1) is 16.7 Å². The van der Waals surface area contributed by atoms with Crippen LogP contribution >= 0.6 is 15.9 Å². The van der Waals surface area contributed by atoms with E-state index in [9.17, 15) is 9.90 Å². The van der Waals surface area contributed by atoms with Crippen molar-refractivity contribution in [2.75, 3.05) is 18.0 Å². The van der Waals surface area contributed by atoms with Crippen LogP contribution in [0.5, 0.6) is 0 Å². The van der Waals surface area contributed by atoms with Crippen molar-refractivity contribution in [3.05, 3.63) is 28.2 Å². The number of hydrogen-bond acceptors (Lipinski definition) is 3. The zero-order chi connectivity index (χ0) is 15.5. The molecule has 112 valence electrons. The molecule has 1 saturated heterocycles. The van der Waals surface area contributed by atoms with Gasteiger partial charge < -0.3 is 10.0 Å². The SMILES string of the molecule is CCCC1(C(=O)O)CCCN(c2ccc(C#N)cc2Br)C1. The highest BCUT2D eigenvalue weighted by molar-refractivity contribution is 9.10. The van der Waals surface area contributed by atoms with E-state index < -0.39 is 11.4 Å². The third kappa shape index (κ3) is 3.21. The van der Waals surface area contributed by atoms with Crippen molar-refractivity contribution in [3.8, 4) is 6.07 Å². The fourth-order valence-corrected chi connectivity index (χ4v) is 3.76. The fourth-order valence-electron chi connectivity index (χ4n) is 3.13. The molecule has 5 heteroatoms. The van der Waals surface area contributed by atoms with Crippen molar-refractivity contribution in [2.24, 2.45) is 5.41 Å². The van der Waals surface area contributed by atoms with Gasteiger partial charge in [0, 0.05) is 17.6 Å². The van der Waals surface area contributed by atoms with Gasteiger partial charge in [-0.05, 0) is 53.4 Å². The van der Waals surface area contributed by atoms with E-state index in [2.05, 4.69) is 26.9 Å². The van der Waals surface area contributed by atoms with Gasteiger partial charge in [0.2, 0.25) is 0 Å². The predicted octanol–water partition coefficient (Wildman–Crippen LogP) is 3.79.